The average Bonchev–Trinajstić information content (AvgIpc) is 2.85. The van der Waals surface area contributed by atoms with Gasteiger partial charge in [0.25, 0.3) is 5.91 Å². The molecule has 10 nitrogen and oxygen atoms in total. The van der Waals surface area contributed by atoms with Crippen molar-refractivity contribution in [2.75, 3.05) is 33.1 Å². The molecule has 5 rings (SSSR count). The maximum Gasteiger partial charge on any atom is 0.255 e. The Labute approximate surface area is 231 Å². The van der Waals surface area contributed by atoms with Gasteiger partial charge in [0.05, 0.1) is 5.56 Å². The number of ketones is 2. The van der Waals surface area contributed by atoms with Crippen molar-refractivity contribution in [3.63, 3.8) is 0 Å². The van der Waals surface area contributed by atoms with Gasteiger partial charge in [0.15, 0.2) is 11.4 Å². The number of phenolic OH excluding ortho intramolecular Hbond substituents is 1. The molecule has 1 amide bonds. The number of hydrogen-bond acceptors (Lipinski definition) is 9. The number of nitrogens with zero attached hydrogens (tertiary/aromatic N) is 2. The first-order valence-electron chi connectivity index (χ1n) is 13.0. The van der Waals surface area contributed by atoms with Crippen molar-refractivity contribution in [1.29, 1.82) is 0 Å². The standard InChI is InChI=1S/C30H33N3O7/c1-32(2)13-14-6-5-7-15(8-14)18-12-20(33(3)4)19-10-16-9-17-11-21(34)24(29(31)39)28(38)30(17,40)27(37)22(16)26(36)23(19)25(18)35/h5-8,12,16-17,35-36,38,40H,9-11,13H2,1-4H3,(H2,31,39). The van der Waals surface area contributed by atoms with Crippen LogP contribution in [0.3, 0.4) is 0 Å². The van der Waals surface area contributed by atoms with Gasteiger partial charge in [0, 0.05) is 49.8 Å². The molecule has 40 heavy (non-hydrogen) atoms. The van der Waals surface area contributed by atoms with Crippen LogP contribution in [0, 0.1) is 11.8 Å². The van der Waals surface area contributed by atoms with Crippen LogP contribution in [0.15, 0.2) is 47.2 Å². The fraction of sp³-hybridized carbons (Fsp3) is 0.367. The Morgan fingerprint density at radius 2 is 1.77 bits per heavy atom. The maximum atomic E-state index is 13.8. The number of fused-ring (bicyclic) bond motifs is 3. The smallest absolute Gasteiger partial charge is 0.255 e. The summed E-state index contributed by atoms with van der Waals surface area (Å²) in [4.78, 5) is 42.2. The van der Waals surface area contributed by atoms with Crippen molar-refractivity contribution < 1.29 is 34.8 Å². The molecule has 0 saturated heterocycles. The summed E-state index contributed by atoms with van der Waals surface area (Å²) in [6.07, 6.45) is -0.0166. The van der Waals surface area contributed by atoms with Gasteiger partial charge in [0.1, 0.15) is 22.8 Å². The van der Waals surface area contributed by atoms with Gasteiger partial charge in [0.2, 0.25) is 5.78 Å². The molecule has 0 heterocycles. The van der Waals surface area contributed by atoms with Gasteiger partial charge in [-0.15, -0.1) is 0 Å². The highest BCUT2D eigenvalue weighted by Crippen LogP contribution is 2.54. The van der Waals surface area contributed by atoms with Crippen LogP contribution in [-0.2, 0) is 27.3 Å². The van der Waals surface area contributed by atoms with Crippen molar-refractivity contribution in [3.8, 4) is 16.9 Å². The number of aliphatic hydroxyl groups excluding tert-OH is 2. The second-order valence-corrected chi connectivity index (χ2v) is 11.4. The Hall–Kier alpha value is -4.15. The SMILES string of the molecule is CN(C)Cc1cccc(-c2cc(N(C)C)c3c(c2O)C(O)=C2C(=O)C4(O)C(O)=C(C(N)=O)C(=O)CC4CC2C3)c1. The van der Waals surface area contributed by atoms with Crippen LogP contribution >= 0.6 is 0 Å². The first kappa shape index (κ1) is 27.4. The van der Waals surface area contributed by atoms with E-state index in [4.69, 9.17) is 5.73 Å². The number of rotatable bonds is 5. The summed E-state index contributed by atoms with van der Waals surface area (Å²) in [7, 11) is 7.59. The minimum atomic E-state index is -2.59. The molecule has 0 aromatic heterocycles. The predicted octanol–water partition coefficient (Wildman–Crippen LogP) is 2.22. The van der Waals surface area contributed by atoms with E-state index in [2.05, 4.69) is 0 Å². The lowest BCUT2D eigenvalue weighted by molar-refractivity contribution is -0.147. The van der Waals surface area contributed by atoms with E-state index >= 15 is 0 Å². The van der Waals surface area contributed by atoms with Crippen LogP contribution in [0.25, 0.3) is 16.9 Å². The number of anilines is 1. The molecule has 0 aliphatic heterocycles. The first-order chi connectivity index (χ1) is 18.8. The van der Waals surface area contributed by atoms with Gasteiger partial charge < -0.3 is 36.0 Å². The predicted molar refractivity (Wildman–Crippen MR) is 149 cm³/mol. The Balaban J connectivity index is 1.72. The lowest BCUT2D eigenvalue weighted by atomic mass is 9.59. The third kappa shape index (κ3) is 3.98. The summed E-state index contributed by atoms with van der Waals surface area (Å²) in [6.45, 7) is 0.679. The molecule has 0 bridgehead atoms. The number of aromatic hydroxyl groups is 1. The average molecular weight is 548 g/mol. The van der Waals surface area contributed by atoms with E-state index in [-0.39, 0.29) is 36.1 Å². The molecular weight excluding hydrogens is 514 g/mol. The molecule has 3 aliphatic carbocycles. The number of carbonyl (C=O) groups is 3. The molecule has 1 saturated carbocycles. The zero-order valence-corrected chi connectivity index (χ0v) is 22.9. The maximum absolute atomic E-state index is 13.8. The third-order valence-corrected chi connectivity index (χ3v) is 8.26. The van der Waals surface area contributed by atoms with E-state index in [0.717, 1.165) is 11.3 Å². The minimum absolute atomic E-state index is 0.0753. The van der Waals surface area contributed by atoms with Gasteiger partial charge in [-0.25, -0.2) is 0 Å². The number of carbonyl (C=O) groups excluding carboxylic acids is 3. The summed E-state index contributed by atoms with van der Waals surface area (Å²) in [6, 6.07) is 9.50. The molecule has 2 aromatic carbocycles. The van der Waals surface area contributed by atoms with Crippen molar-refractivity contribution in [2.24, 2.45) is 17.6 Å². The second kappa shape index (κ2) is 9.50. The summed E-state index contributed by atoms with van der Waals surface area (Å²) in [5.74, 6) is -6.39. The van der Waals surface area contributed by atoms with Crippen molar-refractivity contribution in [3.05, 3.63) is 63.9 Å². The van der Waals surface area contributed by atoms with Gasteiger partial charge >= 0.3 is 0 Å². The summed E-state index contributed by atoms with van der Waals surface area (Å²) >= 11 is 0. The highest BCUT2D eigenvalue weighted by molar-refractivity contribution is 6.22. The lowest BCUT2D eigenvalue weighted by Gasteiger charge is -2.46. The molecule has 3 unspecified atom stereocenters. The van der Waals surface area contributed by atoms with E-state index in [1.807, 2.05) is 68.3 Å². The topological polar surface area (TPSA) is 165 Å². The number of amides is 1. The quantitative estimate of drug-likeness (QED) is 0.353. The third-order valence-electron chi connectivity index (χ3n) is 8.26. The van der Waals surface area contributed by atoms with E-state index in [1.54, 1.807) is 0 Å². The monoisotopic (exact) mass is 547 g/mol. The molecule has 10 heteroatoms. The number of phenols is 1. The van der Waals surface area contributed by atoms with E-state index < -0.39 is 52.0 Å². The Morgan fingerprint density at radius 1 is 1.07 bits per heavy atom. The molecule has 3 aliphatic rings. The number of primary amides is 1. The number of Topliss-reactive ketones (excluding diaryl/α,β-unsaturated/α-hetero) is 2. The van der Waals surface area contributed by atoms with Crippen LogP contribution in [0.1, 0.15) is 29.5 Å². The Morgan fingerprint density at radius 3 is 2.40 bits per heavy atom. The van der Waals surface area contributed by atoms with E-state index in [9.17, 15) is 34.8 Å². The van der Waals surface area contributed by atoms with Crippen molar-refractivity contribution >= 4 is 28.9 Å². The normalized spacial score (nSPS) is 24.1. The first-order valence-corrected chi connectivity index (χ1v) is 13.0. The minimum Gasteiger partial charge on any atom is -0.508 e. The number of benzene rings is 2. The summed E-state index contributed by atoms with van der Waals surface area (Å²) in [5, 5.41) is 45.4. The molecule has 2 aromatic rings. The summed E-state index contributed by atoms with van der Waals surface area (Å²) < 4.78 is 0. The largest absolute Gasteiger partial charge is 0.508 e. The van der Waals surface area contributed by atoms with Crippen molar-refractivity contribution in [2.45, 2.75) is 31.4 Å². The molecular formula is C30H33N3O7. The van der Waals surface area contributed by atoms with Gasteiger partial charge in [-0.2, -0.15) is 0 Å². The van der Waals surface area contributed by atoms with E-state index in [0.29, 0.717) is 23.2 Å². The molecule has 0 radical (unpaired) electrons. The van der Waals surface area contributed by atoms with Crippen LogP contribution in [0.5, 0.6) is 5.75 Å². The fourth-order valence-corrected chi connectivity index (χ4v) is 6.49. The molecule has 3 atom stereocenters. The number of hydrogen-bond donors (Lipinski definition) is 5. The van der Waals surface area contributed by atoms with Crippen LogP contribution in [0.2, 0.25) is 0 Å². The zero-order chi connectivity index (χ0) is 29.3. The molecule has 0 spiro atoms. The fourth-order valence-electron chi connectivity index (χ4n) is 6.49. The Kier molecular flexibility index (Phi) is 6.51. The number of nitrogens with two attached hydrogens (primary N) is 1. The van der Waals surface area contributed by atoms with Crippen molar-refractivity contribution in [1.82, 2.24) is 4.90 Å². The summed E-state index contributed by atoms with van der Waals surface area (Å²) in [5.41, 5.74) is 5.34. The lowest BCUT2D eigenvalue weighted by Crippen LogP contribution is -2.58. The molecule has 6 N–H and O–H groups in total. The Bertz CT molecular complexity index is 1540. The van der Waals surface area contributed by atoms with Gasteiger partial charge in [-0.1, -0.05) is 18.2 Å². The van der Waals surface area contributed by atoms with Gasteiger partial charge in [-0.3, -0.25) is 14.4 Å². The van der Waals surface area contributed by atoms with Crippen LogP contribution < -0.4 is 10.6 Å². The van der Waals surface area contributed by atoms with Crippen LogP contribution in [0.4, 0.5) is 5.69 Å². The molecule has 210 valence electrons. The molecule has 1 fully saturated rings. The second-order valence-electron chi connectivity index (χ2n) is 11.4. The van der Waals surface area contributed by atoms with E-state index in [1.165, 1.54) is 0 Å². The number of aliphatic hydroxyl groups is 3. The van der Waals surface area contributed by atoms with Crippen LogP contribution in [-0.4, -0.2) is 76.6 Å². The highest BCUT2D eigenvalue weighted by Gasteiger charge is 2.60. The zero-order valence-electron chi connectivity index (χ0n) is 22.9. The van der Waals surface area contributed by atoms with Gasteiger partial charge in [-0.05, 0) is 61.7 Å². The highest BCUT2D eigenvalue weighted by atomic mass is 16.3.